The van der Waals surface area contributed by atoms with E-state index in [4.69, 9.17) is 9.47 Å². The maximum absolute atomic E-state index is 12.4. The van der Waals surface area contributed by atoms with Crippen LogP contribution in [0.2, 0.25) is 0 Å². The van der Waals surface area contributed by atoms with Gasteiger partial charge in [-0.3, -0.25) is 9.59 Å². The van der Waals surface area contributed by atoms with Crippen LogP contribution in [0.3, 0.4) is 0 Å². The first-order valence-electron chi connectivity index (χ1n) is 7.89. The van der Waals surface area contributed by atoms with Crippen LogP contribution in [0.4, 0.5) is 11.4 Å². The minimum Gasteiger partial charge on any atom is -0.495 e. The summed E-state index contributed by atoms with van der Waals surface area (Å²) in [4.78, 5) is 23.6. The van der Waals surface area contributed by atoms with E-state index in [1.807, 2.05) is 25.1 Å². The second-order valence-corrected chi connectivity index (χ2v) is 5.66. The van der Waals surface area contributed by atoms with Crippen molar-refractivity contribution in [2.45, 2.75) is 26.9 Å². The molecule has 0 unspecified atom stereocenters. The van der Waals surface area contributed by atoms with Gasteiger partial charge in [-0.1, -0.05) is 12.1 Å². The number of carbonyl (C=O) groups excluding carboxylic acids is 2. The third-order valence-electron chi connectivity index (χ3n) is 3.45. The first-order chi connectivity index (χ1) is 11.9. The van der Waals surface area contributed by atoms with Gasteiger partial charge in [0.1, 0.15) is 11.5 Å². The highest BCUT2D eigenvalue weighted by atomic mass is 16.5. The number of amides is 2. The van der Waals surface area contributed by atoms with Crippen LogP contribution in [-0.2, 0) is 9.59 Å². The van der Waals surface area contributed by atoms with E-state index in [0.717, 1.165) is 5.56 Å². The fraction of sp³-hybridized carbons (Fsp3) is 0.263. The number of hydrogen-bond donors (Lipinski definition) is 2. The van der Waals surface area contributed by atoms with Crippen molar-refractivity contribution in [3.8, 4) is 11.5 Å². The molecule has 0 spiro atoms. The number of hydrogen-bond acceptors (Lipinski definition) is 4. The van der Waals surface area contributed by atoms with Crippen molar-refractivity contribution < 1.29 is 19.1 Å². The molecule has 0 saturated carbocycles. The van der Waals surface area contributed by atoms with Gasteiger partial charge in [0.05, 0.1) is 12.8 Å². The van der Waals surface area contributed by atoms with Crippen LogP contribution in [0.15, 0.2) is 42.5 Å². The van der Waals surface area contributed by atoms with Gasteiger partial charge in [0, 0.05) is 12.6 Å². The highest BCUT2D eigenvalue weighted by molar-refractivity contribution is 5.97. The van der Waals surface area contributed by atoms with Crippen LogP contribution >= 0.6 is 0 Å². The maximum Gasteiger partial charge on any atom is 0.265 e. The van der Waals surface area contributed by atoms with E-state index in [9.17, 15) is 9.59 Å². The van der Waals surface area contributed by atoms with E-state index in [2.05, 4.69) is 10.6 Å². The van der Waals surface area contributed by atoms with E-state index >= 15 is 0 Å². The Labute approximate surface area is 147 Å². The standard InChI is InChI=1S/C19H22N2O4/c1-12-6-5-7-16(10-12)25-13(2)19(23)21-17-11-15(20-14(3)22)8-9-18(17)24-4/h5-11,13H,1-4H3,(H,20,22)(H,21,23)/t13-/m0/s1. The zero-order valence-electron chi connectivity index (χ0n) is 14.8. The minimum atomic E-state index is -0.698. The number of aryl methyl sites for hydroxylation is 1. The summed E-state index contributed by atoms with van der Waals surface area (Å²) >= 11 is 0. The molecule has 2 amide bonds. The number of anilines is 2. The number of nitrogens with one attached hydrogen (secondary N) is 2. The first kappa shape index (κ1) is 18.3. The van der Waals surface area contributed by atoms with E-state index in [1.54, 1.807) is 31.2 Å². The van der Waals surface area contributed by atoms with Gasteiger partial charge in [0.25, 0.3) is 5.91 Å². The fourth-order valence-corrected chi connectivity index (χ4v) is 2.27. The summed E-state index contributed by atoms with van der Waals surface area (Å²) in [5, 5.41) is 5.44. The van der Waals surface area contributed by atoms with Crippen LogP contribution in [0.5, 0.6) is 11.5 Å². The van der Waals surface area contributed by atoms with Crippen LogP contribution in [0, 0.1) is 6.92 Å². The molecule has 2 aromatic rings. The molecule has 0 fully saturated rings. The Bertz CT molecular complexity index is 774. The molecule has 0 saturated heterocycles. The molecule has 25 heavy (non-hydrogen) atoms. The van der Waals surface area contributed by atoms with Crippen molar-refractivity contribution in [3.63, 3.8) is 0 Å². The third kappa shape index (κ3) is 5.24. The van der Waals surface area contributed by atoms with Crippen molar-refractivity contribution in [1.82, 2.24) is 0 Å². The van der Waals surface area contributed by atoms with Crippen LogP contribution < -0.4 is 20.1 Å². The Kier molecular flexibility index (Phi) is 6.00. The molecule has 0 aliphatic carbocycles. The molecule has 6 nitrogen and oxygen atoms in total. The average molecular weight is 342 g/mol. The third-order valence-corrected chi connectivity index (χ3v) is 3.45. The Balaban J connectivity index is 2.11. The Morgan fingerprint density at radius 2 is 1.84 bits per heavy atom. The van der Waals surface area contributed by atoms with Crippen LogP contribution in [-0.4, -0.2) is 25.0 Å². The maximum atomic E-state index is 12.4. The Morgan fingerprint density at radius 3 is 2.48 bits per heavy atom. The molecule has 132 valence electrons. The number of carbonyl (C=O) groups is 2. The predicted octanol–water partition coefficient (Wildman–Crippen LogP) is 3.37. The minimum absolute atomic E-state index is 0.196. The summed E-state index contributed by atoms with van der Waals surface area (Å²) in [7, 11) is 1.51. The molecule has 0 heterocycles. The molecule has 0 radical (unpaired) electrons. The summed E-state index contributed by atoms with van der Waals surface area (Å²) in [5.41, 5.74) is 2.07. The first-order valence-corrected chi connectivity index (χ1v) is 7.89. The second-order valence-electron chi connectivity index (χ2n) is 5.66. The lowest BCUT2D eigenvalue weighted by atomic mass is 10.2. The van der Waals surface area contributed by atoms with E-state index in [-0.39, 0.29) is 11.8 Å². The van der Waals surface area contributed by atoms with Gasteiger partial charge >= 0.3 is 0 Å². The molecule has 0 aromatic heterocycles. The molecular formula is C19H22N2O4. The predicted molar refractivity (Wildman–Crippen MR) is 97.2 cm³/mol. The van der Waals surface area contributed by atoms with Crippen molar-refractivity contribution in [1.29, 1.82) is 0 Å². The van der Waals surface area contributed by atoms with Crippen molar-refractivity contribution >= 4 is 23.2 Å². The molecule has 0 bridgehead atoms. The Hall–Kier alpha value is -3.02. The quantitative estimate of drug-likeness (QED) is 0.844. The number of benzene rings is 2. The summed E-state index contributed by atoms with van der Waals surface area (Å²) < 4.78 is 10.9. The zero-order valence-corrected chi connectivity index (χ0v) is 14.8. The van der Waals surface area contributed by atoms with Gasteiger partial charge in [-0.15, -0.1) is 0 Å². The monoisotopic (exact) mass is 342 g/mol. The Morgan fingerprint density at radius 1 is 1.08 bits per heavy atom. The molecule has 6 heteroatoms. The van der Waals surface area contributed by atoms with Gasteiger partial charge in [-0.2, -0.15) is 0 Å². The summed E-state index contributed by atoms with van der Waals surface area (Å²) in [5.74, 6) is 0.602. The second kappa shape index (κ2) is 8.19. The molecule has 0 aliphatic heterocycles. The van der Waals surface area contributed by atoms with Gasteiger partial charge in [-0.25, -0.2) is 0 Å². The fourth-order valence-electron chi connectivity index (χ4n) is 2.27. The molecular weight excluding hydrogens is 320 g/mol. The van der Waals surface area contributed by atoms with Crippen LogP contribution in [0.25, 0.3) is 0 Å². The lowest BCUT2D eigenvalue weighted by Gasteiger charge is -2.17. The molecule has 2 rings (SSSR count). The van der Waals surface area contributed by atoms with Gasteiger partial charge in [0.2, 0.25) is 5.91 Å². The summed E-state index contributed by atoms with van der Waals surface area (Å²) in [6, 6.07) is 12.5. The molecule has 2 aromatic carbocycles. The lowest BCUT2D eigenvalue weighted by Crippen LogP contribution is -2.30. The smallest absolute Gasteiger partial charge is 0.265 e. The largest absolute Gasteiger partial charge is 0.495 e. The van der Waals surface area contributed by atoms with Gasteiger partial charge in [0.15, 0.2) is 6.10 Å². The van der Waals surface area contributed by atoms with Gasteiger partial charge in [-0.05, 0) is 49.7 Å². The number of ether oxygens (including phenoxy) is 2. The summed E-state index contributed by atoms with van der Waals surface area (Å²) in [6.07, 6.45) is -0.698. The molecule has 1 atom stereocenters. The number of rotatable bonds is 6. The average Bonchev–Trinajstić information content (AvgIpc) is 2.54. The lowest BCUT2D eigenvalue weighted by molar-refractivity contribution is -0.122. The highest BCUT2D eigenvalue weighted by Gasteiger charge is 2.17. The number of methoxy groups -OCH3 is 1. The van der Waals surface area contributed by atoms with Gasteiger partial charge < -0.3 is 20.1 Å². The van der Waals surface area contributed by atoms with E-state index in [0.29, 0.717) is 22.9 Å². The van der Waals surface area contributed by atoms with Crippen molar-refractivity contribution in [3.05, 3.63) is 48.0 Å². The van der Waals surface area contributed by atoms with Crippen LogP contribution in [0.1, 0.15) is 19.4 Å². The SMILES string of the molecule is COc1ccc(NC(C)=O)cc1NC(=O)[C@H](C)Oc1cccc(C)c1. The topological polar surface area (TPSA) is 76.7 Å². The molecule has 0 aliphatic rings. The summed E-state index contributed by atoms with van der Waals surface area (Å²) in [6.45, 7) is 5.04. The zero-order chi connectivity index (χ0) is 18.4. The van der Waals surface area contributed by atoms with Crippen molar-refractivity contribution in [2.75, 3.05) is 17.7 Å². The highest BCUT2D eigenvalue weighted by Crippen LogP contribution is 2.28. The van der Waals surface area contributed by atoms with E-state index in [1.165, 1.54) is 14.0 Å². The molecule has 2 N–H and O–H groups in total. The normalized spacial score (nSPS) is 11.4. The van der Waals surface area contributed by atoms with Crippen molar-refractivity contribution in [2.24, 2.45) is 0 Å². The van der Waals surface area contributed by atoms with E-state index < -0.39 is 6.10 Å².